The van der Waals surface area contributed by atoms with Gasteiger partial charge in [-0.25, -0.2) is 0 Å². The minimum atomic E-state index is -0.102. The molecule has 2 saturated heterocycles. The van der Waals surface area contributed by atoms with Crippen LogP contribution in [0, 0.1) is 0 Å². The van der Waals surface area contributed by atoms with E-state index in [-0.39, 0.29) is 22.9 Å². The summed E-state index contributed by atoms with van der Waals surface area (Å²) in [4.78, 5) is 26.7. The van der Waals surface area contributed by atoms with Crippen LogP contribution in [0.1, 0.15) is 72.1 Å². The minimum Gasteiger partial charge on any atom is -0.352 e. The SMILES string of the molecule is CCCCCCC(=O)N1CCC2(CC1)N[C@@H](C(=O)N[C@H](C)CC)CS2. The molecule has 0 bridgehead atoms. The van der Waals surface area contributed by atoms with Gasteiger partial charge in [0, 0.05) is 31.3 Å². The Morgan fingerprint density at radius 3 is 2.60 bits per heavy atom. The Labute approximate surface area is 157 Å². The molecule has 2 aliphatic heterocycles. The summed E-state index contributed by atoms with van der Waals surface area (Å²) in [5.41, 5.74) is 0. The van der Waals surface area contributed by atoms with Crippen LogP contribution in [0.2, 0.25) is 0 Å². The van der Waals surface area contributed by atoms with Crippen LogP contribution in [0.5, 0.6) is 0 Å². The lowest BCUT2D eigenvalue weighted by Gasteiger charge is -2.39. The first-order chi connectivity index (χ1) is 12.0. The Morgan fingerprint density at radius 2 is 1.96 bits per heavy atom. The molecule has 0 unspecified atom stereocenters. The van der Waals surface area contributed by atoms with Crippen LogP contribution in [0.3, 0.4) is 0 Å². The van der Waals surface area contributed by atoms with Crippen molar-refractivity contribution in [3.8, 4) is 0 Å². The van der Waals surface area contributed by atoms with Crippen molar-refractivity contribution in [2.24, 2.45) is 0 Å². The fourth-order valence-electron chi connectivity index (χ4n) is 3.50. The molecular formula is C19H35N3O2S. The van der Waals surface area contributed by atoms with Gasteiger partial charge in [-0.3, -0.25) is 14.9 Å². The highest BCUT2D eigenvalue weighted by Crippen LogP contribution is 2.39. The molecule has 2 N–H and O–H groups in total. The highest BCUT2D eigenvalue weighted by Gasteiger charge is 2.44. The third-order valence-electron chi connectivity index (χ3n) is 5.45. The van der Waals surface area contributed by atoms with Crippen LogP contribution in [0.4, 0.5) is 0 Å². The fraction of sp³-hybridized carbons (Fsp3) is 0.895. The summed E-state index contributed by atoms with van der Waals surface area (Å²) in [7, 11) is 0. The molecular weight excluding hydrogens is 334 g/mol. The number of piperidine rings is 1. The Kier molecular flexibility index (Phi) is 8.07. The van der Waals surface area contributed by atoms with Crippen molar-refractivity contribution in [2.45, 2.75) is 89.1 Å². The topological polar surface area (TPSA) is 61.4 Å². The first-order valence-corrected chi connectivity index (χ1v) is 11.0. The predicted octanol–water partition coefficient (Wildman–Crippen LogP) is 2.90. The molecule has 0 aromatic heterocycles. The average molecular weight is 370 g/mol. The van der Waals surface area contributed by atoms with Gasteiger partial charge in [0.2, 0.25) is 11.8 Å². The Morgan fingerprint density at radius 1 is 1.24 bits per heavy atom. The maximum atomic E-state index is 12.3. The zero-order valence-electron chi connectivity index (χ0n) is 16.1. The Hall–Kier alpha value is -0.750. The first-order valence-electron chi connectivity index (χ1n) is 9.99. The minimum absolute atomic E-state index is 0.0174. The van der Waals surface area contributed by atoms with Crippen LogP contribution < -0.4 is 10.6 Å². The van der Waals surface area contributed by atoms with Crippen LogP contribution in [0.25, 0.3) is 0 Å². The van der Waals surface area contributed by atoms with E-state index in [9.17, 15) is 9.59 Å². The highest BCUT2D eigenvalue weighted by atomic mass is 32.2. The molecule has 144 valence electrons. The Balaban J connectivity index is 1.74. The average Bonchev–Trinajstić information content (AvgIpc) is 3.03. The van der Waals surface area contributed by atoms with Gasteiger partial charge in [-0.1, -0.05) is 33.1 Å². The number of carbonyl (C=O) groups is 2. The zero-order chi connectivity index (χ0) is 18.3. The monoisotopic (exact) mass is 369 g/mol. The lowest BCUT2D eigenvalue weighted by molar-refractivity contribution is -0.133. The summed E-state index contributed by atoms with van der Waals surface area (Å²) in [6, 6.07) is 0.123. The van der Waals surface area contributed by atoms with E-state index in [0.717, 1.165) is 50.9 Å². The van der Waals surface area contributed by atoms with Gasteiger partial charge in [0.1, 0.15) is 0 Å². The third-order valence-corrected chi connectivity index (χ3v) is 7.03. The molecule has 0 aromatic carbocycles. The molecule has 2 amide bonds. The van der Waals surface area contributed by atoms with Crippen LogP contribution >= 0.6 is 11.8 Å². The standard InChI is InChI=1S/C19H35N3O2S/c1-4-6-7-8-9-17(23)22-12-10-19(11-13-22)21-16(14-25-19)18(24)20-15(3)5-2/h15-16,21H,4-14H2,1-3H3,(H,20,24)/t15-,16-/m1/s1. The van der Waals surface area contributed by atoms with Gasteiger partial charge in [-0.05, 0) is 32.6 Å². The lowest BCUT2D eigenvalue weighted by atomic mass is 10.0. The smallest absolute Gasteiger partial charge is 0.238 e. The van der Waals surface area contributed by atoms with E-state index in [1.165, 1.54) is 12.8 Å². The number of rotatable bonds is 8. The number of nitrogens with one attached hydrogen (secondary N) is 2. The largest absolute Gasteiger partial charge is 0.352 e. The van der Waals surface area contributed by atoms with Crippen molar-refractivity contribution in [1.82, 2.24) is 15.5 Å². The molecule has 5 nitrogen and oxygen atoms in total. The molecule has 2 heterocycles. The van der Waals surface area contributed by atoms with Gasteiger partial charge in [0.15, 0.2) is 0 Å². The maximum Gasteiger partial charge on any atom is 0.238 e. The molecule has 2 aliphatic rings. The van der Waals surface area contributed by atoms with Crippen LogP contribution in [-0.4, -0.2) is 52.5 Å². The molecule has 0 saturated carbocycles. The zero-order valence-corrected chi connectivity index (χ0v) is 16.9. The number of amides is 2. The van der Waals surface area contributed by atoms with Gasteiger partial charge in [-0.15, -0.1) is 11.8 Å². The molecule has 2 rings (SSSR count). The van der Waals surface area contributed by atoms with Gasteiger partial charge in [0.25, 0.3) is 0 Å². The van der Waals surface area contributed by atoms with Crippen molar-refractivity contribution < 1.29 is 9.59 Å². The summed E-state index contributed by atoms with van der Waals surface area (Å²) < 4.78 is 0. The van der Waals surface area contributed by atoms with Crippen molar-refractivity contribution >= 4 is 23.6 Å². The second-order valence-corrected chi connectivity index (χ2v) is 8.92. The fourth-order valence-corrected chi connectivity index (χ4v) is 4.91. The van der Waals surface area contributed by atoms with Gasteiger partial charge in [-0.2, -0.15) is 0 Å². The number of hydrogen-bond donors (Lipinski definition) is 2. The first kappa shape index (κ1) is 20.6. The van der Waals surface area contributed by atoms with E-state index in [1.54, 1.807) is 0 Å². The molecule has 0 aliphatic carbocycles. The quantitative estimate of drug-likeness (QED) is 0.646. The van der Waals surface area contributed by atoms with Crippen molar-refractivity contribution in [1.29, 1.82) is 0 Å². The van der Waals surface area contributed by atoms with E-state index >= 15 is 0 Å². The lowest BCUT2D eigenvalue weighted by Crippen LogP contribution is -2.55. The highest BCUT2D eigenvalue weighted by molar-refractivity contribution is 8.01. The Bertz CT molecular complexity index is 450. The number of unbranched alkanes of at least 4 members (excludes halogenated alkanes) is 3. The summed E-state index contributed by atoms with van der Waals surface area (Å²) >= 11 is 1.87. The van der Waals surface area contributed by atoms with E-state index in [1.807, 2.05) is 23.6 Å². The number of likely N-dealkylation sites (tertiary alicyclic amines) is 1. The van der Waals surface area contributed by atoms with Gasteiger partial charge >= 0.3 is 0 Å². The van der Waals surface area contributed by atoms with E-state index in [2.05, 4.69) is 24.5 Å². The van der Waals surface area contributed by atoms with E-state index in [4.69, 9.17) is 0 Å². The second-order valence-electron chi connectivity index (χ2n) is 7.51. The summed E-state index contributed by atoms with van der Waals surface area (Å²) in [5, 5.41) is 6.64. The van der Waals surface area contributed by atoms with Crippen molar-refractivity contribution in [3.05, 3.63) is 0 Å². The van der Waals surface area contributed by atoms with Crippen LogP contribution in [-0.2, 0) is 9.59 Å². The molecule has 0 radical (unpaired) electrons. The second kappa shape index (κ2) is 9.81. The normalized spacial score (nSPS) is 23.6. The number of nitrogens with zero attached hydrogens (tertiary/aromatic N) is 1. The maximum absolute atomic E-state index is 12.3. The summed E-state index contributed by atoms with van der Waals surface area (Å²) in [6.45, 7) is 7.94. The van der Waals surface area contributed by atoms with Gasteiger partial charge in [0.05, 0.1) is 10.9 Å². The van der Waals surface area contributed by atoms with E-state index in [0.29, 0.717) is 12.3 Å². The predicted molar refractivity (Wildman–Crippen MR) is 105 cm³/mol. The van der Waals surface area contributed by atoms with Crippen molar-refractivity contribution in [2.75, 3.05) is 18.8 Å². The molecule has 25 heavy (non-hydrogen) atoms. The summed E-state index contributed by atoms with van der Waals surface area (Å²) in [6.07, 6.45) is 8.10. The van der Waals surface area contributed by atoms with Crippen molar-refractivity contribution in [3.63, 3.8) is 0 Å². The molecule has 1 spiro atoms. The number of hydrogen-bond acceptors (Lipinski definition) is 4. The van der Waals surface area contributed by atoms with Gasteiger partial charge < -0.3 is 10.2 Å². The molecule has 6 heteroatoms. The number of thioether (sulfide) groups is 1. The third kappa shape index (κ3) is 5.88. The molecule has 2 fully saturated rings. The van der Waals surface area contributed by atoms with E-state index < -0.39 is 0 Å². The molecule has 2 atom stereocenters. The number of carbonyl (C=O) groups excluding carboxylic acids is 2. The van der Waals surface area contributed by atoms with Crippen LogP contribution in [0.15, 0.2) is 0 Å². The molecule has 0 aromatic rings. The summed E-state index contributed by atoms with van der Waals surface area (Å²) in [5.74, 6) is 1.25.